The van der Waals surface area contributed by atoms with Crippen LogP contribution >= 0.6 is 0 Å². The fourth-order valence-electron chi connectivity index (χ4n) is 5.36. The number of aliphatic imine (C=N–C) groups is 1. The highest BCUT2D eigenvalue weighted by Gasteiger charge is 2.53. The van der Waals surface area contributed by atoms with Crippen LogP contribution in [0.15, 0.2) is 108 Å². The van der Waals surface area contributed by atoms with E-state index in [1.165, 1.54) is 0 Å². The van der Waals surface area contributed by atoms with Crippen molar-refractivity contribution in [1.29, 1.82) is 0 Å². The van der Waals surface area contributed by atoms with Crippen molar-refractivity contribution in [3.05, 3.63) is 125 Å². The third-order valence-electron chi connectivity index (χ3n) is 7.62. The van der Waals surface area contributed by atoms with Gasteiger partial charge >= 0.3 is 0 Å². The summed E-state index contributed by atoms with van der Waals surface area (Å²) in [4.78, 5) is 19.5. The molecule has 0 saturated heterocycles. The van der Waals surface area contributed by atoms with E-state index in [2.05, 4.69) is 5.32 Å². The normalized spacial score (nSPS) is 17.3. The minimum Gasteiger partial charge on any atom is -0.497 e. The molecule has 4 aromatic rings. The second-order valence-electron chi connectivity index (χ2n) is 10.5. The molecule has 8 heteroatoms. The van der Waals surface area contributed by atoms with Gasteiger partial charge in [-0.3, -0.25) is 4.79 Å². The standard InChI is InChI=1S/C36H38N2O6/c1-41-31-18-19-32(42-2)29(24-31)20-21-37-35(40)36(25-26-10-5-3-6-11-26)33(27-12-7-4-8-13-27)44-34(38-36)28-14-16-30(17-15-28)43-23-9-22-39/h3-8,10-19,24,33,39H,9,20-23,25H2,1-2H3,(H,37,40)/t33-,36-/m1/s1. The molecule has 1 heterocycles. The van der Waals surface area contributed by atoms with Gasteiger partial charge in [-0.2, -0.15) is 0 Å². The van der Waals surface area contributed by atoms with Crippen LogP contribution in [0.3, 0.4) is 0 Å². The number of ether oxygens (including phenoxy) is 4. The van der Waals surface area contributed by atoms with Crippen LogP contribution in [0.1, 0.15) is 34.8 Å². The molecule has 8 nitrogen and oxygen atoms in total. The largest absolute Gasteiger partial charge is 0.497 e. The summed E-state index contributed by atoms with van der Waals surface area (Å²) in [5.41, 5.74) is 2.23. The van der Waals surface area contributed by atoms with E-state index in [-0.39, 0.29) is 12.5 Å². The molecule has 0 bridgehead atoms. The van der Waals surface area contributed by atoms with E-state index in [1.807, 2.05) is 103 Å². The maximum absolute atomic E-state index is 14.4. The number of benzene rings is 4. The van der Waals surface area contributed by atoms with Crippen molar-refractivity contribution < 1.29 is 28.8 Å². The lowest BCUT2D eigenvalue weighted by Gasteiger charge is -2.31. The average Bonchev–Trinajstić information content (AvgIpc) is 3.46. The molecule has 44 heavy (non-hydrogen) atoms. The lowest BCUT2D eigenvalue weighted by atomic mass is 9.82. The molecule has 2 N–H and O–H groups in total. The number of hydrogen-bond donors (Lipinski definition) is 2. The molecule has 0 fully saturated rings. The highest BCUT2D eigenvalue weighted by atomic mass is 16.5. The minimum absolute atomic E-state index is 0.0717. The summed E-state index contributed by atoms with van der Waals surface area (Å²) in [5, 5.41) is 12.2. The van der Waals surface area contributed by atoms with Crippen LogP contribution in [0, 0.1) is 0 Å². The summed E-state index contributed by atoms with van der Waals surface area (Å²) in [6.07, 6.45) is 0.773. The summed E-state index contributed by atoms with van der Waals surface area (Å²) >= 11 is 0. The maximum Gasteiger partial charge on any atom is 0.252 e. The summed E-state index contributed by atoms with van der Waals surface area (Å²) in [7, 11) is 3.25. The third kappa shape index (κ3) is 7.03. The zero-order valence-corrected chi connectivity index (χ0v) is 25.1. The van der Waals surface area contributed by atoms with E-state index in [0.29, 0.717) is 44.1 Å². The van der Waals surface area contributed by atoms with Gasteiger partial charge in [0, 0.05) is 31.6 Å². The molecule has 0 radical (unpaired) electrons. The van der Waals surface area contributed by atoms with Gasteiger partial charge in [-0.05, 0) is 65.6 Å². The van der Waals surface area contributed by atoms with Crippen molar-refractivity contribution in [2.24, 2.45) is 4.99 Å². The zero-order chi connectivity index (χ0) is 30.8. The Labute approximate surface area is 258 Å². The number of methoxy groups -OCH3 is 2. The molecule has 0 aliphatic carbocycles. The molecule has 228 valence electrons. The minimum atomic E-state index is -1.27. The van der Waals surface area contributed by atoms with E-state index < -0.39 is 11.6 Å². The smallest absolute Gasteiger partial charge is 0.252 e. The SMILES string of the molecule is COc1ccc(OC)c(CCNC(=O)[C@]2(Cc3ccccc3)N=C(c3ccc(OCCCO)cc3)O[C@@H]2c2ccccc2)c1. The van der Waals surface area contributed by atoms with Gasteiger partial charge in [-0.25, -0.2) is 4.99 Å². The van der Waals surface area contributed by atoms with Crippen molar-refractivity contribution in [2.75, 3.05) is 34.0 Å². The Morgan fingerprint density at radius 1 is 0.909 bits per heavy atom. The van der Waals surface area contributed by atoms with E-state index in [0.717, 1.165) is 33.8 Å². The molecule has 0 saturated carbocycles. The fourth-order valence-corrected chi connectivity index (χ4v) is 5.36. The summed E-state index contributed by atoms with van der Waals surface area (Å²) < 4.78 is 23.2. The quantitative estimate of drug-likeness (QED) is 0.192. The number of hydrogen-bond acceptors (Lipinski definition) is 7. The Hall–Kier alpha value is -4.82. The summed E-state index contributed by atoms with van der Waals surface area (Å²) in [5.74, 6) is 2.30. The van der Waals surface area contributed by atoms with Crippen LogP contribution in [-0.4, -0.2) is 56.4 Å². The molecule has 2 atom stereocenters. The number of carbonyl (C=O) groups excluding carboxylic acids is 1. The van der Waals surface area contributed by atoms with Crippen molar-refractivity contribution in [2.45, 2.75) is 30.9 Å². The third-order valence-corrected chi connectivity index (χ3v) is 7.62. The number of aliphatic hydroxyl groups is 1. The van der Waals surface area contributed by atoms with Crippen molar-refractivity contribution in [3.63, 3.8) is 0 Å². The molecular formula is C36H38N2O6. The first-order valence-corrected chi connectivity index (χ1v) is 14.7. The molecular weight excluding hydrogens is 556 g/mol. The van der Waals surface area contributed by atoms with E-state index >= 15 is 0 Å². The van der Waals surface area contributed by atoms with Crippen LogP contribution < -0.4 is 19.5 Å². The molecule has 1 aliphatic heterocycles. The van der Waals surface area contributed by atoms with Crippen LogP contribution in [0.5, 0.6) is 17.2 Å². The molecule has 0 spiro atoms. The van der Waals surface area contributed by atoms with Gasteiger partial charge in [0.2, 0.25) is 5.90 Å². The van der Waals surface area contributed by atoms with Crippen LogP contribution in [0.4, 0.5) is 0 Å². The van der Waals surface area contributed by atoms with E-state index in [9.17, 15) is 4.79 Å². The predicted octanol–water partition coefficient (Wildman–Crippen LogP) is 5.32. The predicted molar refractivity (Wildman–Crippen MR) is 170 cm³/mol. The maximum atomic E-state index is 14.4. The molecule has 4 aromatic carbocycles. The second kappa shape index (κ2) is 14.6. The molecule has 0 aromatic heterocycles. The second-order valence-corrected chi connectivity index (χ2v) is 10.5. The van der Waals surface area contributed by atoms with Gasteiger partial charge in [0.15, 0.2) is 11.6 Å². The number of amides is 1. The van der Waals surface area contributed by atoms with Gasteiger partial charge in [0.05, 0.1) is 20.8 Å². The summed E-state index contributed by atoms with van der Waals surface area (Å²) in [6, 6.07) is 32.7. The topological polar surface area (TPSA) is 98.6 Å². The lowest BCUT2D eigenvalue weighted by Crippen LogP contribution is -2.50. The fraction of sp³-hybridized carbons (Fsp3) is 0.278. The highest BCUT2D eigenvalue weighted by molar-refractivity contribution is 6.01. The monoisotopic (exact) mass is 594 g/mol. The Bertz CT molecular complexity index is 1540. The van der Waals surface area contributed by atoms with Crippen LogP contribution in [0.2, 0.25) is 0 Å². The molecule has 1 amide bonds. The van der Waals surface area contributed by atoms with Gasteiger partial charge < -0.3 is 29.4 Å². The number of nitrogens with zero attached hydrogens (tertiary/aromatic N) is 1. The van der Waals surface area contributed by atoms with Crippen molar-refractivity contribution in [1.82, 2.24) is 5.32 Å². The van der Waals surface area contributed by atoms with Crippen molar-refractivity contribution >= 4 is 11.8 Å². The van der Waals surface area contributed by atoms with Crippen molar-refractivity contribution in [3.8, 4) is 17.2 Å². The van der Waals surface area contributed by atoms with Gasteiger partial charge in [-0.15, -0.1) is 0 Å². The molecule has 1 aliphatic rings. The van der Waals surface area contributed by atoms with Gasteiger partial charge in [-0.1, -0.05) is 60.7 Å². The van der Waals surface area contributed by atoms with E-state index in [1.54, 1.807) is 14.2 Å². The number of nitrogens with one attached hydrogen (secondary N) is 1. The number of carbonyl (C=O) groups is 1. The van der Waals surface area contributed by atoms with Crippen LogP contribution in [0.25, 0.3) is 0 Å². The Balaban J connectivity index is 1.48. The first-order chi connectivity index (χ1) is 21.6. The first kappa shape index (κ1) is 30.6. The van der Waals surface area contributed by atoms with Gasteiger partial charge in [0.25, 0.3) is 5.91 Å². The van der Waals surface area contributed by atoms with E-state index in [4.69, 9.17) is 29.0 Å². The number of aliphatic hydroxyl groups excluding tert-OH is 1. The van der Waals surface area contributed by atoms with Gasteiger partial charge in [0.1, 0.15) is 17.2 Å². The highest BCUT2D eigenvalue weighted by Crippen LogP contribution is 2.42. The number of rotatable bonds is 14. The lowest BCUT2D eigenvalue weighted by molar-refractivity contribution is -0.128. The summed E-state index contributed by atoms with van der Waals surface area (Å²) in [6.45, 7) is 0.860. The Morgan fingerprint density at radius 2 is 1.61 bits per heavy atom. The Morgan fingerprint density at radius 3 is 2.30 bits per heavy atom. The average molecular weight is 595 g/mol. The molecule has 5 rings (SSSR count). The van der Waals surface area contributed by atoms with Crippen LogP contribution in [-0.2, 0) is 22.4 Å². The Kier molecular flexibility index (Phi) is 10.1. The molecule has 0 unspecified atom stereocenters. The zero-order valence-electron chi connectivity index (χ0n) is 25.1. The first-order valence-electron chi connectivity index (χ1n) is 14.7.